The number of nitrogens with one attached hydrogen (secondary N) is 1. The lowest BCUT2D eigenvalue weighted by molar-refractivity contribution is 0.603. The second kappa shape index (κ2) is 3.99. The quantitative estimate of drug-likeness (QED) is 0.806. The van der Waals surface area contributed by atoms with Crippen molar-refractivity contribution in [3.8, 4) is 0 Å². The Morgan fingerprint density at radius 2 is 2.31 bits per heavy atom. The summed E-state index contributed by atoms with van der Waals surface area (Å²) in [5, 5.41) is 3.61. The van der Waals surface area contributed by atoms with Gasteiger partial charge in [-0.15, -0.1) is 0 Å². The lowest BCUT2D eigenvalue weighted by atomic mass is 10.3. The Bertz CT molecular complexity index is 546. The summed E-state index contributed by atoms with van der Waals surface area (Å²) in [5.41, 5.74) is 0. The number of sulfone groups is 1. The van der Waals surface area contributed by atoms with Gasteiger partial charge in [-0.2, -0.15) is 4.98 Å². The van der Waals surface area contributed by atoms with E-state index in [4.69, 9.17) is 11.6 Å². The molecule has 86 valence electrons. The van der Waals surface area contributed by atoms with Gasteiger partial charge in [0.05, 0.1) is 18.0 Å². The van der Waals surface area contributed by atoms with Gasteiger partial charge in [-0.25, -0.2) is 17.8 Å². The van der Waals surface area contributed by atoms with Gasteiger partial charge in [0, 0.05) is 5.41 Å². The average molecular weight is 264 g/mol. The molecule has 0 spiro atoms. The highest BCUT2D eigenvalue weighted by atomic mass is 35.5. The molecule has 1 N–H and O–H groups in total. The van der Waals surface area contributed by atoms with E-state index in [1.165, 1.54) is 6.08 Å². The Balaban J connectivity index is 2.17. The zero-order chi connectivity index (χ0) is 11.8. The first-order valence-electron chi connectivity index (χ1n) is 4.32. The summed E-state index contributed by atoms with van der Waals surface area (Å²) in [7, 11) is -3.18. The zero-order valence-corrected chi connectivity index (χ0v) is 9.46. The van der Waals surface area contributed by atoms with Crippen LogP contribution in [-0.4, -0.2) is 30.2 Å². The van der Waals surface area contributed by atoms with Crippen LogP contribution < -0.4 is 5.32 Å². The lowest BCUT2D eigenvalue weighted by Gasteiger charge is -2.10. The van der Waals surface area contributed by atoms with Crippen molar-refractivity contribution in [3.63, 3.8) is 0 Å². The van der Waals surface area contributed by atoms with Crippen molar-refractivity contribution in [1.82, 2.24) is 9.97 Å². The minimum Gasteiger partial charge on any atom is -0.360 e. The maximum atomic E-state index is 13.2. The number of aromatic nitrogens is 2. The molecule has 1 unspecified atom stereocenters. The van der Waals surface area contributed by atoms with Crippen LogP contribution in [0.3, 0.4) is 0 Å². The van der Waals surface area contributed by atoms with Gasteiger partial charge in [0.15, 0.2) is 21.5 Å². The maximum absolute atomic E-state index is 13.2. The van der Waals surface area contributed by atoms with E-state index in [1.807, 2.05) is 0 Å². The highest BCUT2D eigenvalue weighted by Crippen LogP contribution is 2.17. The standard InChI is InChI=1S/C8H7ClFN3O2S/c9-8-11-3-6(10)7(13-8)12-5-1-2-16(14,15)4-5/h1-3,5H,4H2,(H,11,12,13). The predicted molar refractivity (Wildman–Crippen MR) is 57.3 cm³/mol. The van der Waals surface area contributed by atoms with Gasteiger partial charge in [-0.1, -0.05) is 0 Å². The molecule has 0 saturated carbocycles. The average Bonchev–Trinajstić information content (AvgIpc) is 2.52. The van der Waals surface area contributed by atoms with Gasteiger partial charge < -0.3 is 5.32 Å². The normalized spacial score (nSPS) is 22.2. The fourth-order valence-electron chi connectivity index (χ4n) is 1.29. The molecule has 2 rings (SSSR count). The molecule has 1 aromatic rings. The minimum atomic E-state index is -3.18. The van der Waals surface area contributed by atoms with Crippen LogP contribution in [0.25, 0.3) is 0 Å². The van der Waals surface area contributed by atoms with E-state index >= 15 is 0 Å². The van der Waals surface area contributed by atoms with E-state index in [0.29, 0.717) is 0 Å². The molecule has 16 heavy (non-hydrogen) atoms. The second-order valence-corrected chi connectivity index (χ2v) is 5.51. The molecule has 0 amide bonds. The van der Waals surface area contributed by atoms with Gasteiger partial charge in [0.25, 0.3) is 0 Å². The van der Waals surface area contributed by atoms with Crippen molar-refractivity contribution < 1.29 is 12.8 Å². The number of rotatable bonds is 2. The Hall–Kier alpha value is -1.21. The second-order valence-electron chi connectivity index (χ2n) is 3.24. The van der Waals surface area contributed by atoms with Gasteiger partial charge in [0.1, 0.15) is 0 Å². The highest BCUT2D eigenvalue weighted by Gasteiger charge is 2.22. The number of nitrogens with zero attached hydrogens (tertiary/aromatic N) is 2. The third kappa shape index (κ3) is 2.48. The molecule has 0 bridgehead atoms. The molecule has 2 heterocycles. The lowest BCUT2D eigenvalue weighted by Crippen LogP contribution is -2.22. The van der Waals surface area contributed by atoms with Gasteiger partial charge in [-0.3, -0.25) is 0 Å². The van der Waals surface area contributed by atoms with Crippen LogP contribution in [0.4, 0.5) is 10.2 Å². The van der Waals surface area contributed by atoms with Crippen molar-refractivity contribution in [2.75, 3.05) is 11.1 Å². The van der Waals surface area contributed by atoms with E-state index in [0.717, 1.165) is 11.6 Å². The molecule has 0 aliphatic carbocycles. The SMILES string of the molecule is O=S1(=O)C=CC(Nc2nc(Cl)ncc2F)C1. The molecule has 1 aliphatic heterocycles. The highest BCUT2D eigenvalue weighted by molar-refractivity contribution is 7.94. The van der Waals surface area contributed by atoms with Crippen molar-refractivity contribution in [2.24, 2.45) is 0 Å². The molecular formula is C8H7ClFN3O2S. The monoisotopic (exact) mass is 263 g/mol. The van der Waals surface area contributed by atoms with Crippen molar-refractivity contribution in [2.45, 2.75) is 6.04 Å². The maximum Gasteiger partial charge on any atom is 0.224 e. The van der Waals surface area contributed by atoms with Crippen LogP contribution >= 0.6 is 11.6 Å². The fourth-order valence-corrected chi connectivity index (χ4v) is 2.66. The summed E-state index contributed by atoms with van der Waals surface area (Å²) < 4.78 is 35.4. The topological polar surface area (TPSA) is 72.0 Å². The number of anilines is 1. The van der Waals surface area contributed by atoms with Gasteiger partial charge >= 0.3 is 0 Å². The summed E-state index contributed by atoms with van der Waals surface area (Å²) in [6, 6.07) is -0.495. The van der Waals surface area contributed by atoms with Gasteiger partial charge in [0.2, 0.25) is 5.28 Å². The molecule has 0 fully saturated rings. The predicted octanol–water partition coefficient (Wildman–Crippen LogP) is 0.992. The molecule has 1 aliphatic rings. The first-order valence-corrected chi connectivity index (χ1v) is 6.41. The van der Waals surface area contributed by atoms with Crippen LogP contribution in [0, 0.1) is 5.82 Å². The Labute approximate surface area is 96.3 Å². The third-order valence-electron chi connectivity index (χ3n) is 1.97. The van der Waals surface area contributed by atoms with Crippen molar-refractivity contribution in [1.29, 1.82) is 0 Å². The molecule has 0 aromatic carbocycles. The Morgan fingerprint density at radius 3 is 2.94 bits per heavy atom. The van der Waals surface area contributed by atoms with Crippen LogP contribution in [0.1, 0.15) is 0 Å². The summed E-state index contributed by atoms with van der Waals surface area (Å²) in [4.78, 5) is 7.07. The molecule has 1 aromatic heterocycles. The molecular weight excluding hydrogens is 257 g/mol. The van der Waals surface area contributed by atoms with Crippen molar-refractivity contribution >= 4 is 27.3 Å². The van der Waals surface area contributed by atoms with Crippen LogP contribution in [0.2, 0.25) is 5.28 Å². The van der Waals surface area contributed by atoms with E-state index in [9.17, 15) is 12.8 Å². The molecule has 1 atom stereocenters. The first kappa shape index (κ1) is 11.3. The molecule has 0 radical (unpaired) electrons. The Morgan fingerprint density at radius 1 is 1.56 bits per heavy atom. The van der Waals surface area contributed by atoms with Gasteiger partial charge in [-0.05, 0) is 17.7 Å². The fraction of sp³-hybridized carbons (Fsp3) is 0.250. The summed E-state index contributed by atoms with van der Waals surface area (Å²) in [5.74, 6) is -0.900. The Kier molecular flexibility index (Phi) is 2.81. The van der Waals surface area contributed by atoms with E-state index < -0.39 is 21.7 Å². The number of halogens is 2. The minimum absolute atomic E-state index is 0.103. The number of hydrogen-bond donors (Lipinski definition) is 1. The zero-order valence-electron chi connectivity index (χ0n) is 7.89. The largest absolute Gasteiger partial charge is 0.360 e. The van der Waals surface area contributed by atoms with Crippen LogP contribution in [0.5, 0.6) is 0 Å². The van der Waals surface area contributed by atoms with E-state index in [1.54, 1.807) is 0 Å². The van der Waals surface area contributed by atoms with E-state index in [-0.39, 0.29) is 16.9 Å². The van der Waals surface area contributed by atoms with Crippen molar-refractivity contribution in [3.05, 3.63) is 28.8 Å². The first-order chi connectivity index (χ1) is 7.46. The molecule has 8 heteroatoms. The molecule has 5 nitrogen and oxygen atoms in total. The smallest absolute Gasteiger partial charge is 0.224 e. The summed E-state index contributed by atoms with van der Waals surface area (Å²) in [6.45, 7) is 0. The third-order valence-corrected chi connectivity index (χ3v) is 3.54. The molecule has 0 saturated heterocycles. The summed E-state index contributed by atoms with van der Waals surface area (Å²) in [6.07, 6.45) is 2.36. The van der Waals surface area contributed by atoms with E-state index in [2.05, 4.69) is 15.3 Å². The number of hydrogen-bond acceptors (Lipinski definition) is 5. The van der Waals surface area contributed by atoms with Crippen LogP contribution in [0.15, 0.2) is 17.7 Å². The summed E-state index contributed by atoms with van der Waals surface area (Å²) >= 11 is 5.49. The van der Waals surface area contributed by atoms with Crippen LogP contribution in [-0.2, 0) is 9.84 Å².